The zero-order chi connectivity index (χ0) is 9.84. The molecule has 0 unspecified atom stereocenters. The van der Waals surface area contributed by atoms with Gasteiger partial charge in [-0.3, -0.25) is 0 Å². The van der Waals surface area contributed by atoms with Crippen LogP contribution >= 0.6 is 0 Å². The number of rotatable bonds is 2. The fourth-order valence-electron chi connectivity index (χ4n) is 0.806. The SMILES string of the molecule is CN/N=C/c1c(F)cc(F)cc1F. The molecule has 70 valence electrons. The molecule has 13 heavy (non-hydrogen) atoms. The highest BCUT2D eigenvalue weighted by Crippen LogP contribution is 2.12. The highest BCUT2D eigenvalue weighted by molar-refractivity contribution is 5.80. The van der Waals surface area contributed by atoms with Crippen molar-refractivity contribution >= 4 is 6.21 Å². The zero-order valence-corrected chi connectivity index (χ0v) is 6.81. The summed E-state index contributed by atoms with van der Waals surface area (Å²) in [4.78, 5) is 0. The van der Waals surface area contributed by atoms with Gasteiger partial charge in [0.25, 0.3) is 0 Å². The molecule has 0 aliphatic rings. The molecule has 0 aliphatic carbocycles. The summed E-state index contributed by atoms with van der Waals surface area (Å²) in [6.07, 6.45) is 0.949. The van der Waals surface area contributed by atoms with Gasteiger partial charge in [-0.2, -0.15) is 5.10 Å². The van der Waals surface area contributed by atoms with E-state index in [1.807, 2.05) is 0 Å². The lowest BCUT2D eigenvalue weighted by Gasteiger charge is -1.98. The summed E-state index contributed by atoms with van der Waals surface area (Å²) < 4.78 is 38.1. The van der Waals surface area contributed by atoms with Crippen molar-refractivity contribution in [1.29, 1.82) is 0 Å². The van der Waals surface area contributed by atoms with Crippen LogP contribution in [0.4, 0.5) is 13.2 Å². The first-order valence-corrected chi connectivity index (χ1v) is 3.49. The first kappa shape index (κ1) is 9.57. The molecule has 0 spiro atoms. The molecule has 0 radical (unpaired) electrons. The minimum atomic E-state index is -0.975. The molecule has 0 saturated heterocycles. The summed E-state index contributed by atoms with van der Waals surface area (Å²) in [7, 11) is 1.48. The first-order chi connectivity index (χ1) is 6.15. The third-order valence-corrected chi connectivity index (χ3v) is 1.37. The summed E-state index contributed by atoms with van der Waals surface area (Å²) in [5.74, 6) is -2.90. The largest absolute Gasteiger partial charge is 0.313 e. The molecule has 0 fully saturated rings. The van der Waals surface area contributed by atoms with E-state index in [-0.39, 0.29) is 5.56 Å². The van der Waals surface area contributed by atoms with Gasteiger partial charge < -0.3 is 5.43 Å². The molecule has 0 heterocycles. The van der Waals surface area contributed by atoms with E-state index >= 15 is 0 Å². The Balaban J connectivity index is 3.13. The van der Waals surface area contributed by atoms with E-state index in [9.17, 15) is 13.2 Å². The van der Waals surface area contributed by atoms with Gasteiger partial charge in [0.15, 0.2) is 0 Å². The summed E-state index contributed by atoms with van der Waals surface area (Å²) in [5.41, 5.74) is 1.96. The van der Waals surface area contributed by atoms with Crippen molar-refractivity contribution in [2.24, 2.45) is 5.10 Å². The Bertz CT molecular complexity index is 313. The van der Waals surface area contributed by atoms with Crippen molar-refractivity contribution in [3.8, 4) is 0 Å². The maximum atomic E-state index is 12.8. The number of hydrazone groups is 1. The molecule has 0 aliphatic heterocycles. The van der Waals surface area contributed by atoms with Gasteiger partial charge in [-0.25, -0.2) is 13.2 Å². The minimum Gasteiger partial charge on any atom is -0.313 e. The van der Waals surface area contributed by atoms with Crippen molar-refractivity contribution in [3.05, 3.63) is 35.1 Å². The van der Waals surface area contributed by atoms with Gasteiger partial charge >= 0.3 is 0 Å². The summed E-state index contributed by atoms with van der Waals surface area (Å²) >= 11 is 0. The van der Waals surface area contributed by atoms with Gasteiger partial charge in [-0.1, -0.05) is 0 Å². The third-order valence-electron chi connectivity index (χ3n) is 1.37. The normalized spacial score (nSPS) is 10.8. The number of nitrogens with zero attached hydrogens (tertiary/aromatic N) is 1. The van der Waals surface area contributed by atoms with Crippen LogP contribution in [0.15, 0.2) is 17.2 Å². The molecular weight excluding hydrogens is 181 g/mol. The second-order valence-corrected chi connectivity index (χ2v) is 2.26. The van der Waals surface area contributed by atoms with Crippen molar-refractivity contribution in [2.45, 2.75) is 0 Å². The molecule has 0 saturated carbocycles. The Labute approximate surface area is 73.1 Å². The second-order valence-electron chi connectivity index (χ2n) is 2.26. The molecule has 1 rings (SSSR count). The predicted octanol–water partition coefficient (Wildman–Crippen LogP) is 1.66. The molecule has 5 heteroatoms. The molecule has 0 amide bonds. The Kier molecular flexibility index (Phi) is 2.89. The number of hydrogen-bond acceptors (Lipinski definition) is 2. The van der Waals surface area contributed by atoms with E-state index < -0.39 is 17.5 Å². The molecule has 1 aromatic carbocycles. The van der Waals surface area contributed by atoms with Crippen LogP contribution in [0.1, 0.15) is 5.56 Å². The lowest BCUT2D eigenvalue weighted by molar-refractivity contribution is 0.541. The van der Waals surface area contributed by atoms with Crippen LogP contribution < -0.4 is 5.43 Å². The maximum Gasteiger partial charge on any atom is 0.137 e. The Hall–Kier alpha value is -1.52. The lowest BCUT2D eigenvalue weighted by atomic mass is 10.2. The van der Waals surface area contributed by atoms with Gasteiger partial charge in [0.2, 0.25) is 0 Å². The average molecular weight is 188 g/mol. The fourth-order valence-corrected chi connectivity index (χ4v) is 0.806. The fraction of sp³-hybridized carbons (Fsp3) is 0.125. The highest BCUT2D eigenvalue weighted by Gasteiger charge is 2.08. The van der Waals surface area contributed by atoms with Crippen LogP contribution in [0.2, 0.25) is 0 Å². The van der Waals surface area contributed by atoms with Gasteiger partial charge in [0.05, 0.1) is 11.8 Å². The van der Waals surface area contributed by atoms with Crippen LogP contribution in [-0.2, 0) is 0 Å². The Morgan fingerprint density at radius 3 is 2.23 bits per heavy atom. The van der Waals surface area contributed by atoms with E-state index in [1.54, 1.807) is 0 Å². The summed E-state index contributed by atoms with van der Waals surface area (Å²) in [5, 5.41) is 3.42. The molecule has 1 aromatic rings. The van der Waals surface area contributed by atoms with Crippen LogP contribution in [0.25, 0.3) is 0 Å². The van der Waals surface area contributed by atoms with Gasteiger partial charge in [0, 0.05) is 19.2 Å². The number of nitrogens with one attached hydrogen (secondary N) is 1. The highest BCUT2D eigenvalue weighted by atomic mass is 19.1. The van der Waals surface area contributed by atoms with Crippen LogP contribution in [0.3, 0.4) is 0 Å². The number of halogens is 3. The average Bonchev–Trinajstić information content (AvgIpc) is 2.02. The van der Waals surface area contributed by atoms with Gasteiger partial charge in [-0.05, 0) is 0 Å². The Morgan fingerprint density at radius 1 is 1.23 bits per heavy atom. The summed E-state index contributed by atoms with van der Waals surface area (Å²) in [6.45, 7) is 0. The van der Waals surface area contributed by atoms with Crippen molar-refractivity contribution < 1.29 is 13.2 Å². The zero-order valence-electron chi connectivity index (χ0n) is 6.81. The molecule has 2 nitrogen and oxygen atoms in total. The maximum absolute atomic E-state index is 12.8. The lowest BCUT2D eigenvalue weighted by Crippen LogP contribution is -2.00. The molecule has 0 aromatic heterocycles. The standard InChI is InChI=1S/C8H7F3N2/c1-12-13-4-6-7(10)2-5(9)3-8(6)11/h2-4,12H,1H3/b13-4+. The molecule has 0 atom stereocenters. The van der Waals surface area contributed by atoms with Crippen LogP contribution in [-0.4, -0.2) is 13.3 Å². The Morgan fingerprint density at radius 2 is 1.77 bits per heavy atom. The molecule has 1 N–H and O–H groups in total. The van der Waals surface area contributed by atoms with E-state index in [0.717, 1.165) is 6.21 Å². The van der Waals surface area contributed by atoms with E-state index in [1.165, 1.54) is 7.05 Å². The third kappa shape index (κ3) is 2.21. The summed E-state index contributed by atoms with van der Waals surface area (Å²) in [6, 6.07) is 1.19. The van der Waals surface area contributed by atoms with E-state index in [2.05, 4.69) is 10.5 Å². The minimum absolute atomic E-state index is 0.365. The van der Waals surface area contributed by atoms with Crippen molar-refractivity contribution in [1.82, 2.24) is 5.43 Å². The monoisotopic (exact) mass is 188 g/mol. The number of benzene rings is 1. The molecule has 0 bridgehead atoms. The first-order valence-electron chi connectivity index (χ1n) is 3.49. The number of hydrogen-bond donors (Lipinski definition) is 1. The van der Waals surface area contributed by atoms with Crippen LogP contribution in [0.5, 0.6) is 0 Å². The quantitative estimate of drug-likeness (QED) is 0.554. The smallest absolute Gasteiger partial charge is 0.137 e. The van der Waals surface area contributed by atoms with Gasteiger partial charge in [0.1, 0.15) is 17.5 Å². The van der Waals surface area contributed by atoms with Crippen LogP contribution in [0, 0.1) is 17.5 Å². The molecular formula is C8H7F3N2. The predicted molar refractivity (Wildman–Crippen MR) is 43.0 cm³/mol. The second kappa shape index (κ2) is 3.93. The van der Waals surface area contributed by atoms with Crippen molar-refractivity contribution in [2.75, 3.05) is 7.05 Å². The van der Waals surface area contributed by atoms with Crippen molar-refractivity contribution in [3.63, 3.8) is 0 Å². The van der Waals surface area contributed by atoms with E-state index in [0.29, 0.717) is 12.1 Å². The van der Waals surface area contributed by atoms with E-state index in [4.69, 9.17) is 0 Å². The topological polar surface area (TPSA) is 24.4 Å². The van der Waals surface area contributed by atoms with Gasteiger partial charge in [-0.15, -0.1) is 0 Å².